The van der Waals surface area contributed by atoms with Crippen LogP contribution >= 0.6 is 0 Å². The standard InChI is InChI=1S/C18H24N2/c1-11(2)16-7-15(8-17(12(3)4)14(16)6)18-10-19-13(5)9-20-18/h7-12H,1-6H3/i11D,12D. The Morgan fingerprint density at radius 3 is 1.85 bits per heavy atom. The maximum Gasteiger partial charge on any atom is 0.0885 e. The van der Waals surface area contributed by atoms with E-state index < -0.39 is 11.8 Å². The predicted octanol–water partition coefficient (Wildman–Crippen LogP) is 5.01. The lowest BCUT2D eigenvalue weighted by Gasteiger charge is -2.19. The molecule has 0 atom stereocenters. The van der Waals surface area contributed by atoms with E-state index in [9.17, 15) is 0 Å². The maximum atomic E-state index is 8.41. The topological polar surface area (TPSA) is 25.8 Å². The Labute approximate surface area is 125 Å². The largest absolute Gasteiger partial charge is 0.258 e. The van der Waals surface area contributed by atoms with E-state index in [2.05, 4.69) is 9.97 Å². The van der Waals surface area contributed by atoms with Crippen LogP contribution in [0.5, 0.6) is 0 Å². The molecule has 2 heteroatoms. The minimum atomic E-state index is -0.724. The van der Waals surface area contributed by atoms with Gasteiger partial charge in [-0.2, -0.15) is 0 Å². The van der Waals surface area contributed by atoms with Crippen LogP contribution in [0.15, 0.2) is 24.5 Å². The molecule has 20 heavy (non-hydrogen) atoms. The van der Waals surface area contributed by atoms with Crippen molar-refractivity contribution in [2.24, 2.45) is 0 Å². The van der Waals surface area contributed by atoms with Gasteiger partial charge in [0.1, 0.15) is 0 Å². The van der Waals surface area contributed by atoms with Gasteiger partial charge in [-0.15, -0.1) is 0 Å². The van der Waals surface area contributed by atoms with Crippen molar-refractivity contribution in [3.05, 3.63) is 46.9 Å². The van der Waals surface area contributed by atoms with Gasteiger partial charge in [0.05, 0.1) is 17.6 Å². The Balaban J connectivity index is 2.73. The van der Waals surface area contributed by atoms with E-state index in [0.717, 1.165) is 33.6 Å². The van der Waals surface area contributed by atoms with E-state index >= 15 is 0 Å². The van der Waals surface area contributed by atoms with Crippen molar-refractivity contribution in [1.82, 2.24) is 9.97 Å². The summed E-state index contributed by atoms with van der Waals surface area (Å²) in [6.07, 6.45) is 3.49. The first-order valence-corrected chi connectivity index (χ1v) is 6.95. The van der Waals surface area contributed by atoms with Crippen LogP contribution in [0.25, 0.3) is 11.3 Å². The van der Waals surface area contributed by atoms with Crippen molar-refractivity contribution >= 4 is 0 Å². The number of hydrogen-bond acceptors (Lipinski definition) is 2. The van der Waals surface area contributed by atoms with Crippen molar-refractivity contribution in [1.29, 1.82) is 0 Å². The van der Waals surface area contributed by atoms with Crippen LogP contribution in [0.2, 0.25) is 0 Å². The van der Waals surface area contributed by atoms with Crippen molar-refractivity contribution < 1.29 is 2.74 Å². The molecule has 0 amide bonds. The van der Waals surface area contributed by atoms with Gasteiger partial charge in [0.2, 0.25) is 0 Å². The number of benzene rings is 1. The zero-order chi connectivity index (χ0) is 16.7. The normalized spacial score (nSPS) is 13.9. The molecule has 0 saturated carbocycles. The molecular weight excluding hydrogens is 244 g/mol. The highest BCUT2D eigenvalue weighted by atomic mass is 14.8. The third-order valence-corrected chi connectivity index (χ3v) is 3.56. The van der Waals surface area contributed by atoms with Gasteiger partial charge in [0, 0.05) is 14.5 Å². The lowest BCUT2D eigenvalue weighted by Crippen LogP contribution is -2.01. The molecule has 2 nitrogen and oxygen atoms in total. The van der Waals surface area contributed by atoms with E-state index in [1.165, 1.54) is 0 Å². The molecule has 1 aromatic carbocycles. The zero-order valence-corrected chi connectivity index (χ0v) is 13.2. The fourth-order valence-electron chi connectivity index (χ4n) is 2.44. The number of hydrogen-bond donors (Lipinski definition) is 0. The van der Waals surface area contributed by atoms with E-state index in [1.807, 2.05) is 53.7 Å². The fourth-order valence-corrected chi connectivity index (χ4v) is 2.44. The van der Waals surface area contributed by atoms with Crippen molar-refractivity contribution in [2.45, 2.75) is 53.3 Å². The van der Waals surface area contributed by atoms with Gasteiger partial charge in [0.15, 0.2) is 0 Å². The molecule has 1 heterocycles. The Kier molecular flexibility index (Phi) is 3.46. The number of aromatic nitrogens is 2. The second kappa shape index (κ2) is 5.74. The summed E-state index contributed by atoms with van der Waals surface area (Å²) in [5, 5.41) is 0. The molecular formula is C18H24N2. The highest BCUT2D eigenvalue weighted by molar-refractivity contribution is 5.63. The van der Waals surface area contributed by atoms with Gasteiger partial charge < -0.3 is 0 Å². The van der Waals surface area contributed by atoms with E-state index in [-0.39, 0.29) is 0 Å². The molecule has 2 rings (SSSR count). The van der Waals surface area contributed by atoms with Crippen LogP contribution < -0.4 is 0 Å². The summed E-state index contributed by atoms with van der Waals surface area (Å²) in [7, 11) is 0. The molecule has 0 saturated heterocycles. The monoisotopic (exact) mass is 270 g/mol. The molecule has 0 N–H and O–H groups in total. The van der Waals surface area contributed by atoms with Gasteiger partial charge in [-0.25, -0.2) is 0 Å². The lowest BCUT2D eigenvalue weighted by molar-refractivity contribution is 0.817. The molecule has 0 spiro atoms. The minimum Gasteiger partial charge on any atom is -0.258 e. The average Bonchev–Trinajstić information content (AvgIpc) is 2.37. The number of rotatable bonds is 3. The van der Waals surface area contributed by atoms with Crippen molar-refractivity contribution in [3.63, 3.8) is 0 Å². The zero-order valence-electron chi connectivity index (χ0n) is 15.2. The first-order valence-electron chi connectivity index (χ1n) is 7.95. The second-order valence-electron chi connectivity index (χ2n) is 5.74. The summed E-state index contributed by atoms with van der Waals surface area (Å²) in [5.41, 5.74) is 5.46. The summed E-state index contributed by atoms with van der Waals surface area (Å²) < 4.78 is 16.8. The van der Waals surface area contributed by atoms with E-state index in [0.29, 0.717) is 0 Å². The highest BCUT2D eigenvalue weighted by Crippen LogP contribution is 2.32. The summed E-state index contributed by atoms with van der Waals surface area (Å²) >= 11 is 0. The van der Waals surface area contributed by atoms with Crippen molar-refractivity contribution in [3.8, 4) is 11.3 Å². The Bertz CT molecular complexity index is 643. The first-order chi connectivity index (χ1) is 10.00. The van der Waals surface area contributed by atoms with Crippen LogP contribution in [0.1, 0.15) is 64.6 Å². The summed E-state index contributed by atoms with van der Waals surface area (Å²) in [5.74, 6) is -1.45. The molecule has 0 fully saturated rings. The van der Waals surface area contributed by atoms with E-state index in [1.54, 1.807) is 12.4 Å². The number of nitrogens with zero attached hydrogens (tertiary/aromatic N) is 2. The van der Waals surface area contributed by atoms with Crippen LogP contribution in [-0.2, 0) is 0 Å². The fraction of sp³-hybridized carbons (Fsp3) is 0.444. The number of aryl methyl sites for hydroxylation is 1. The van der Waals surface area contributed by atoms with Gasteiger partial charge in [-0.1, -0.05) is 27.7 Å². The molecule has 0 aliphatic heterocycles. The highest BCUT2D eigenvalue weighted by Gasteiger charge is 2.14. The predicted molar refractivity (Wildman–Crippen MR) is 85.1 cm³/mol. The Morgan fingerprint density at radius 1 is 0.900 bits per heavy atom. The molecule has 1 aromatic heterocycles. The van der Waals surface area contributed by atoms with Gasteiger partial charge in [0.25, 0.3) is 0 Å². The quantitative estimate of drug-likeness (QED) is 0.783. The first kappa shape index (κ1) is 12.1. The van der Waals surface area contributed by atoms with Gasteiger partial charge in [-0.05, 0) is 54.5 Å². The van der Waals surface area contributed by atoms with Crippen LogP contribution in [0.4, 0.5) is 0 Å². The lowest BCUT2D eigenvalue weighted by atomic mass is 9.87. The summed E-state index contributed by atoms with van der Waals surface area (Å²) in [6, 6.07) is 4.02. The maximum absolute atomic E-state index is 8.41. The SMILES string of the molecule is [2H]C(C)(C)c1cc(-c2cnc(C)cn2)cc(C([2H])(C)C)c1C. The van der Waals surface area contributed by atoms with Crippen LogP contribution in [-0.4, -0.2) is 9.97 Å². The van der Waals surface area contributed by atoms with Crippen LogP contribution in [0, 0.1) is 13.8 Å². The molecule has 0 aliphatic carbocycles. The molecule has 2 aromatic rings. The summed E-state index contributed by atoms with van der Waals surface area (Å²) in [6.45, 7) is 11.4. The van der Waals surface area contributed by atoms with Gasteiger partial charge >= 0.3 is 0 Å². The molecule has 106 valence electrons. The molecule has 0 aliphatic rings. The van der Waals surface area contributed by atoms with Crippen molar-refractivity contribution in [2.75, 3.05) is 0 Å². The van der Waals surface area contributed by atoms with E-state index in [4.69, 9.17) is 2.74 Å². The summed E-state index contributed by atoms with van der Waals surface area (Å²) in [4.78, 5) is 8.74. The third-order valence-electron chi connectivity index (χ3n) is 3.56. The second-order valence-corrected chi connectivity index (χ2v) is 5.74. The Morgan fingerprint density at radius 2 is 1.45 bits per heavy atom. The Hall–Kier alpha value is -1.70. The average molecular weight is 270 g/mol. The molecule has 0 bridgehead atoms. The molecule has 0 radical (unpaired) electrons. The third kappa shape index (κ3) is 2.90. The minimum absolute atomic E-state index is 0.724. The van der Waals surface area contributed by atoms with Crippen LogP contribution in [0.3, 0.4) is 0 Å². The molecule has 0 unspecified atom stereocenters. The van der Waals surface area contributed by atoms with Gasteiger partial charge in [-0.3, -0.25) is 9.97 Å². The smallest absolute Gasteiger partial charge is 0.0885 e.